The summed E-state index contributed by atoms with van der Waals surface area (Å²) in [6.07, 6.45) is 0. The molecule has 0 fully saturated rings. The molecule has 0 aliphatic heterocycles. The molecule has 3 rings (SSSR count). The number of benzene rings is 2. The van der Waals surface area contributed by atoms with E-state index in [4.69, 9.17) is 9.68 Å². The summed E-state index contributed by atoms with van der Waals surface area (Å²) < 4.78 is 18.8. The number of hydrogen-bond donors (Lipinski definition) is 2. The van der Waals surface area contributed by atoms with Crippen molar-refractivity contribution in [3.05, 3.63) is 65.7 Å². The lowest BCUT2D eigenvalue weighted by Crippen LogP contribution is -2.31. The van der Waals surface area contributed by atoms with Crippen LogP contribution in [0.3, 0.4) is 0 Å². The Morgan fingerprint density at radius 3 is 2.79 bits per heavy atom. The predicted octanol–water partition coefficient (Wildman–Crippen LogP) is 4.33. The fourth-order valence-electron chi connectivity index (χ4n) is 2.36. The highest BCUT2D eigenvalue weighted by atomic mass is 19.1. The van der Waals surface area contributed by atoms with E-state index in [2.05, 4.69) is 10.6 Å². The zero-order valence-electron chi connectivity index (χ0n) is 12.8. The van der Waals surface area contributed by atoms with Gasteiger partial charge in [-0.05, 0) is 37.3 Å². The van der Waals surface area contributed by atoms with Crippen molar-refractivity contribution in [3.8, 4) is 6.07 Å². The molecule has 1 unspecified atom stereocenters. The molecule has 1 heterocycles. The average Bonchev–Trinajstić information content (AvgIpc) is 3.00. The van der Waals surface area contributed by atoms with Crippen LogP contribution < -0.4 is 10.6 Å². The van der Waals surface area contributed by atoms with Crippen molar-refractivity contribution in [1.29, 1.82) is 5.26 Å². The van der Waals surface area contributed by atoms with Gasteiger partial charge in [0, 0.05) is 5.39 Å². The van der Waals surface area contributed by atoms with Crippen LogP contribution in [0.25, 0.3) is 11.0 Å². The lowest BCUT2D eigenvalue weighted by atomic mass is 10.2. The third-order valence-electron chi connectivity index (χ3n) is 3.57. The van der Waals surface area contributed by atoms with E-state index >= 15 is 0 Å². The highest BCUT2D eigenvalue weighted by molar-refractivity contribution is 5.91. The highest BCUT2D eigenvalue weighted by Gasteiger charge is 2.15. The molecule has 120 valence electrons. The van der Waals surface area contributed by atoms with Crippen molar-refractivity contribution >= 4 is 22.7 Å². The number of para-hydroxylation sites is 1. The quantitative estimate of drug-likeness (QED) is 0.753. The number of carbonyl (C=O) groups excluding carboxylic acids is 1. The van der Waals surface area contributed by atoms with Crippen molar-refractivity contribution in [2.45, 2.75) is 13.0 Å². The highest BCUT2D eigenvalue weighted by Crippen LogP contribution is 2.23. The van der Waals surface area contributed by atoms with Gasteiger partial charge in [-0.3, -0.25) is 0 Å². The molecule has 0 saturated carbocycles. The fraction of sp³-hybridized carbons (Fsp3) is 0.111. The summed E-state index contributed by atoms with van der Waals surface area (Å²) in [5.41, 5.74) is 1.04. The molecule has 0 bridgehead atoms. The molecule has 0 aliphatic rings. The van der Waals surface area contributed by atoms with Crippen LogP contribution >= 0.6 is 0 Å². The molecule has 6 heteroatoms. The first-order valence-corrected chi connectivity index (χ1v) is 7.32. The number of amides is 2. The molecule has 0 radical (unpaired) electrons. The minimum atomic E-state index is -0.534. The largest absolute Gasteiger partial charge is 0.459 e. The Morgan fingerprint density at radius 2 is 2.04 bits per heavy atom. The van der Waals surface area contributed by atoms with E-state index in [9.17, 15) is 9.18 Å². The zero-order chi connectivity index (χ0) is 17.1. The van der Waals surface area contributed by atoms with Crippen molar-refractivity contribution in [3.63, 3.8) is 0 Å². The van der Waals surface area contributed by atoms with E-state index < -0.39 is 11.8 Å². The average molecular weight is 323 g/mol. The minimum Gasteiger partial charge on any atom is -0.459 e. The third-order valence-corrected chi connectivity index (χ3v) is 3.57. The molecule has 2 N–H and O–H groups in total. The molecule has 0 spiro atoms. The number of urea groups is 1. The van der Waals surface area contributed by atoms with E-state index in [1.165, 1.54) is 12.1 Å². The minimum absolute atomic E-state index is 0.0570. The van der Waals surface area contributed by atoms with Gasteiger partial charge >= 0.3 is 6.03 Å². The van der Waals surface area contributed by atoms with E-state index in [0.717, 1.165) is 17.0 Å². The Balaban J connectivity index is 1.71. The number of nitrogens with one attached hydrogen (secondary N) is 2. The molecular formula is C18H14FN3O2. The molecule has 0 saturated heterocycles. The summed E-state index contributed by atoms with van der Waals surface area (Å²) in [7, 11) is 0. The molecule has 2 aromatic carbocycles. The van der Waals surface area contributed by atoms with Crippen molar-refractivity contribution in [2.24, 2.45) is 0 Å². The molecular weight excluding hydrogens is 309 g/mol. The second-order valence-corrected chi connectivity index (χ2v) is 5.31. The maximum atomic E-state index is 13.1. The number of nitriles is 1. The Labute approximate surface area is 137 Å². The second kappa shape index (κ2) is 6.42. The van der Waals surface area contributed by atoms with Crippen LogP contribution in [0, 0.1) is 17.1 Å². The van der Waals surface area contributed by atoms with Gasteiger partial charge in [-0.15, -0.1) is 0 Å². The van der Waals surface area contributed by atoms with Gasteiger partial charge in [0.25, 0.3) is 0 Å². The van der Waals surface area contributed by atoms with Crippen LogP contribution in [-0.2, 0) is 0 Å². The number of carbonyl (C=O) groups is 1. The number of nitrogens with zero attached hydrogens (tertiary/aromatic N) is 1. The van der Waals surface area contributed by atoms with Gasteiger partial charge in [0.15, 0.2) is 0 Å². The molecule has 0 aliphatic carbocycles. The summed E-state index contributed by atoms with van der Waals surface area (Å²) >= 11 is 0. The van der Waals surface area contributed by atoms with Crippen LogP contribution in [0.4, 0.5) is 14.9 Å². The van der Waals surface area contributed by atoms with E-state index in [0.29, 0.717) is 5.76 Å². The van der Waals surface area contributed by atoms with Crippen LogP contribution in [0.1, 0.15) is 24.3 Å². The number of anilines is 1. The molecule has 2 amide bonds. The third kappa shape index (κ3) is 3.20. The maximum Gasteiger partial charge on any atom is 0.319 e. The van der Waals surface area contributed by atoms with Gasteiger partial charge in [0.05, 0.1) is 17.3 Å². The number of rotatable bonds is 3. The van der Waals surface area contributed by atoms with Crippen LogP contribution in [0.2, 0.25) is 0 Å². The van der Waals surface area contributed by atoms with E-state index in [1.807, 2.05) is 36.4 Å². The Kier molecular flexibility index (Phi) is 4.17. The van der Waals surface area contributed by atoms with E-state index in [1.54, 1.807) is 6.92 Å². The van der Waals surface area contributed by atoms with Crippen LogP contribution in [-0.4, -0.2) is 6.03 Å². The molecule has 1 atom stereocenters. The fourth-order valence-corrected chi connectivity index (χ4v) is 2.36. The lowest BCUT2D eigenvalue weighted by Gasteiger charge is -2.13. The number of hydrogen-bond acceptors (Lipinski definition) is 3. The van der Waals surface area contributed by atoms with Gasteiger partial charge in [-0.25, -0.2) is 9.18 Å². The van der Waals surface area contributed by atoms with Gasteiger partial charge in [0.2, 0.25) is 0 Å². The molecule has 1 aromatic heterocycles. The van der Waals surface area contributed by atoms with Gasteiger partial charge < -0.3 is 15.1 Å². The lowest BCUT2D eigenvalue weighted by molar-refractivity contribution is 0.248. The first kappa shape index (κ1) is 15.6. The normalized spacial score (nSPS) is 11.7. The second-order valence-electron chi connectivity index (χ2n) is 5.31. The van der Waals surface area contributed by atoms with Crippen LogP contribution in [0.15, 0.2) is 52.9 Å². The Morgan fingerprint density at radius 1 is 1.25 bits per heavy atom. The monoisotopic (exact) mass is 323 g/mol. The van der Waals surface area contributed by atoms with Gasteiger partial charge in [0.1, 0.15) is 23.2 Å². The summed E-state index contributed by atoms with van der Waals surface area (Å²) in [4.78, 5) is 12.1. The maximum absolute atomic E-state index is 13.1. The topological polar surface area (TPSA) is 78.1 Å². The SMILES string of the molecule is CC(NC(=O)Nc1ccc(F)cc1C#N)c1cc2ccccc2o1. The van der Waals surface area contributed by atoms with Crippen molar-refractivity contribution in [1.82, 2.24) is 5.32 Å². The Bertz CT molecular complexity index is 910. The summed E-state index contributed by atoms with van der Waals surface area (Å²) in [5, 5.41) is 15.2. The smallest absolute Gasteiger partial charge is 0.319 e. The predicted molar refractivity (Wildman–Crippen MR) is 87.9 cm³/mol. The first-order valence-electron chi connectivity index (χ1n) is 7.32. The zero-order valence-corrected chi connectivity index (χ0v) is 12.8. The molecule has 24 heavy (non-hydrogen) atoms. The van der Waals surface area contributed by atoms with Gasteiger partial charge in [-0.1, -0.05) is 18.2 Å². The number of furan rings is 1. The number of halogens is 1. The molecule has 5 nitrogen and oxygen atoms in total. The number of fused-ring (bicyclic) bond motifs is 1. The van der Waals surface area contributed by atoms with Gasteiger partial charge in [-0.2, -0.15) is 5.26 Å². The summed E-state index contributed by atoms with van der Waals surface area (Å²) in [5.74, 6) is 0.0825. The standard InChI is InChI=1S/C18H14FN3O2/c1-11(17-9-12-4-2-3-5-16(12)24-17)21-18(23)22-15-7-6-14(19)8-13(15)10-20/h2-9,11H,1H3,(H2,21,22,23). The molecule has 3 aromatic rings. The van der Waals surface area contributed by atoms with Crippen molar-refractivity contribution in [2.75, 3.05) is 5.32 Å². The van der Waals surface area contributed by atoms with Crippen molar-refractivity contribution < 1.29 is 13.6 Å². The van der Waals surface area contributed by atoms with Crippen LogP contribution in [0.5, 0.6) is 0 Å². The summed E-state index contributed by atoms with van der Waals surface area (Å²) in [6, 6.07) is 14.0. The first-order chi connectivity index (χ1) is 11.6. The summed E-state index contributed by atoms with van der Waals surface area (Å²) in [6.45, 7) is 1.78. The Hall–Kier alpha value is -3.33. The van der Waals surface area contributed by atoms with E-state index in [-0.39, 0.29) is 17.3 Å².